The van der Waals surface area contributed by atoms with Crippen LogP contribution in [0.15, 0.2) is 150 Å². The van der Waals surface area contributed by atoms with Gasteiger partial charge in [0.15, 0.2) is 0 Å². The lowest BCUT2D eigenvalue weighted by Gasteiger charge is -2.49. The Morgan fingerprint density at radius 2 is 1.35 bits per heavy atom. The fourth-order valence-corrected chi connectivity index (χ4v) is 9.66. The molecule has 0 spiro atoms. The van der Waals surface area contributed by atoms with Crippen LogP contribution in [0.5, 0.6) is 0 Å². The largest absolute Gasteiger partial charge is 0.456 e. The Hall–Kier alpha value is -5.74. The molecule has 270 valence electrons. The van der Waals surface area contributed by atoms with Crippen LogP contribution in [-0.2, 0) is 12.8 Å². The molecule has 0 saturated heterocycles. The summed E-state index contributed by atoms with van der Waals surface area (Å²) in [6.45, 7) is 6.76. The van der Waals surface area contributed by atoms with Gasteiger partial charge in [0.05, 0.1) is 6.04 Å². The van der Waals surface area contributed by atoms with Crippen molar-refractivity contribution >= 4 is 62.5 Å². The Morgan fingerprint density at radius 1 is 0.618 bits per heavy atom. The van der Waals surface area contributed by atoms with Gasteiger partial charge in [-0.3, -0.25) is 0 Å². The number of hydrogen-bond donors (Lipinski definition) is 0. The summed E-state index contributed by atoms with van der Waals surface area (Å²) in [6, 6.07) is 45.9. The molecule has 3 heterocycles. The van der Waals surface area contributed by atoms with Crippen molar-refractivity contribution in [2.24, 2.45) is 0 Å². The maximum absolute atomic E-state index is 6.69. The van der Waals surface area contributed by atoms with Crippen LogP contribution in [-0.4, -0.2) is 12.9 Å². The van der Waals surface area contributed by atoms with Crippen molar-refractivity contribution in [2.45, 2.75) is 71.3 Å². The van der Waals surface area contributed by atoms with Crippen molar-refractivity contribution in [3.05, 3.63) is 168 Å². The highest BCUT2D eigenvalue weighted by atomic mass is 16.3. The number of aryl methyl sites for hydroxylation is 3. The summed E-state index contributed by atoms with van der Waals surface area (Å²) in [5.41, 5.74) is 17.6. The van der Waals surface area contributed by atoms with Gasteiger partial charge in [0.25, 0.3) is 0 Å². The second-order valence-corrected chi connectivity index (χ2v) is 15.8. The molecule has 0 radical (unpaired) electrons. The van der Waals surface area contributed by atoms with Crippen molar-refractivity contribution < 1.29 is 4.42 Å². The third kappa shape index (κ3) is 5.56. The van der Waals surface area contributed by atoms with Crippen LogP contribution in [0, 0.1) is 6.92 Å². The average molecular weight is 715 g/mol. The number of furan rings is 1. The van der Waals surface area contributed by atoms with Gasteiger partial charge in [-0.1, -0.05) is 124 Å². The van der Waals surface area contributed by atoms with Crippen molar-refractivity contribution in [3.63, 3.8) is 0 Å². The first-order valence-corrected chi connectivity index (χ1v) is 20.4. The summed E-state index contributed by atoms with van der Waals surface area (Å²) < 4.78 is 6.69. The Bertz CT molecular complexity index is 2620. The highest BCUT2D eigenvalue weighted by Crippen LogP contribution is 2.49. The molecule has 1 aromatic heterocycles. The van der Waals surface area contributed by atoms with E-state index in [0.717, 1.165) is 24.0 Å². The first-order chi connectivity index (χ1) is 27.1. The molecule has 1 aliphatic carbocycles. The molecule has 0 fully saturated rings. The predicted octanol–water partition coefficient (Wildman–Crippen LogP) is 12.2. The first-order valence-electron chi connectivity index (χ1n) is 20.4. The van der Waals surface area contributed by atoms with Gasteiger partial charge in [0, 0.05) is 45.0 Å². The summed E-state index contributed by atoms with van der Waals surface area (Å²) in [4.78, 5) is 5.33. The molecular weight excluding hydrogens is 667 g/mol. The molecule has 0 N–H and O–H groups in total. The minimum Gasteiger partial charge on any atom is -0.456 e. The number of rotatable bonds is 9. The molecular formula is C51H47BN2O. The lowest BCUT2D eigenvalue weighted by molar-refractivity contribution is 0.668. The zero-order chi connectivity index (χ0) is 37.0. The van der Waals surface area contributed by atoms with E-state index in [9.17, 15) is 0 Å². The average Bonchev–Trinajstić information content (AvgIpc) is 3.62. The van der Waals surface area contributed by atoms with Crippen molar-refractivity contribution in [3.8, 4) is 11.1 Å². The number of fused-ring (bicyclic) bond motifs is 8. The maximum Gasteiger partial charge on any atom is 0.333 e. The van der Waals surface area contributed by atoms with Gasteiger partial charge in [-0.25, -0.2) is 0 Å². The molecule has 0 bridgehead atoms. The summed E-state index contributed by atoms with van der Waals surface area (Å²) in [5.74, 6) is 0.173. The number of para-hydroxylation sites is 1. The monoisotopic (exact) mass is 714 g/mol. The number of benzene rings is 6. The van der Waals surface area contributed by atoms with E-state index in [0.29, 0.717) is 0 Å². The maximum atomic E-state index is 6.69. The Morgan fingerprint density at radius 3 is 2.16 bits per heavy atom. The van der Waals surface area contributed by atoms with Crippen LogP contribution in [0.4, 0.5) is 22.7 Å². The van der Waals surface area contributed by atoms with Crippen LogP contribution < -0.4 is 20.6 Å². The fraction of sp³-hybridized carbons (Fsp3) is 0.216. The first kappa shape index (κ1) is 33.8. The van der Waals surface area contributed by atoms with Gasteiger partial charge in [0.2, 0.25) is 0 Å². The zero-order valence-electron chi connectivity index (χ0n) is 32.1. The van der Waals surface area contributed by atoms with Gasteiger partial charge in [-0.05, 0) is 120 Å². The third-order valence-electron chi connectivity index (χ3n) is 12.2. The predicted molar refractivity (Wildman–Crippen MR) is 235 cm³/mol. The lowest BCUT2D eigenvalue weighted by Crippen LogP contribution is -2.63. The topological polar surface area (TPSA) is 19.6 Å². The third-order valence-corrected chi connectivity index (χ3v) is 12.2. The van der Waals surface area contributed by atoms with E-state index in [1.807, 2.05) is 0 Å². The fourth-order valence-electron chi connectivity index (χ4n) is 9.66. The van der Waals surface area contributed by atoms with E-state index >= 15 is 0 Å². The molecule has 55 heavy (non-hydrogen) atoms. The minimum atomic E-state index is -0.0738. The molecule has 2 aliphatic heterocycles. The molecule has 2 unspecified atom stereocenters. The quantitative estimate of drug-likeness (QED) is 0.139. The van der Waals surface area contributed by atoms with E-state index in [1.54, 1.807) is 0 Å². The van der Waals surface area contributed by atoms with E-state index < -0.39 is 0 Å². The van der Waals surface area contributed by atoms with Crippen LogP contribution >= 0.6 is 0 Å². The number of allylic oxidation sites excluding steroid dienone is 2. The van der Waals surface area contributed by atoms with E-state index in [2.05, 4.69) is 176 Å². The molecule has 0 amide bonds. The molecule has 10 rings (SSSR count). The lowest BCUT2D eigenvalue weighted by atomic mass is 9.42. The van der Waals surface area contributed by atoms with Gasteiger partial charge < -0.3 is 14.1 Å². The van der Waals surface area contributed by atoms with Crippen LogP contribution in [0.25, 0.3) is 33.1 Å². The van der Waals surface area contributed by atoms with Crippen molar-refractivity contribution in [1.29, 1.82) is 0 Å². The van der Waals surface area contributed by atoms with Gasteiger partial charge >= 0.3 is 6.85 Å². The van der Waals surface area contributed by atoms with Gasteiger partial charge in [0.1, 0.15) is 11.2 Å². The van der Waals surface area contributed by atoms with E-state index in [4.69, 9.17) is 4.42 Å². The van der Waals surface area contributed by atoms with Crippen molar-refractivity contribution in [1.82, 2.24) is 0 Å². The summed E-state index contributed by atoms with van der Waals surface area (Å²) in [5, 5.41) is 2.38. The summed E-state index contributed by atoms with van der Waals surface area (Å²) >= 11 is 0. The standard InChI is InChI=1S/C51H47BN2O/c1-4-6-15-35-23-26-38(27-24-35)54-44-28-25-36(16-7-5-2)33-41(44)42-31-34(3)32-46-50(42)52(54)51-45(29-30-48-49(51)40-20-12-14-22-47(40)55-48)53(46)43-21-13-11-19-39(43)37-17-9-8-10-18-37/h8-14,17-33,39,43H,4-7,15-16H2,1-3H3. The van der Waals surface area contributed by atoms with Crippen LogP contribution in [0.1, 0.15) is 67.7 Å². The highest BCUT2D eigenvalue weighted by Gasteiger charge is 2.48. The normalized spacial score (nSPS) is 16.8. The SMILES string of the molecule is CCCCc1ccc(N2B3c4c(cc(C)cc4N(C4C=CC=CC4c4ccccc4)c4ccc5oc6ccccc6c5c43)-c3cc(CCCC)ccc32)cc1. The number of nitrogens with zero attached hydrogens (tertiary/aromatic N) is 2. The highest BCUT2D eigenvalue weighted by molar-refractivity contribution is 6.95. The minimum absolute atomic E-state index is 0.0669. The second-order valence-electron chi connectivity index (χ2n) is 15.8. The van der Waals surface area contributed by atoms with Gasteiger partial charge in [-0.15, -0.1) is 0 Å². The Kier molecular flexibility index (Phi) is 8.51. The molecule has 0 saturated carbocycles. The number of anilines is 4. The molecule has 3 aliphatic rings. The van der Waals surface area contributed by atoms with E-state index in [-0.39, 0.29) is 18.8 Å². The molecule has 7 aromatic rings. The van der Waals surface area contributed by atoms with Crippen molar-refractivity contribution in [2.75, 3.05) is 9.71 Å². The number of unbranched alkanes of at least 4 members (excludes halogenated alkanes) is 2. The number of hydrogen-bond acceptors (Lipinski definition) is 3. The smallest absolute Gasteiger partial charge is 0.333 e. The summed E-state index contributed by atoms with van der Waals surface area (Å²) in [6.07, 6.45) is 16.2. The second kappa shape index (κ2) is 13.8. The summed E-state index contributed by atoms with van der Waals surface area (Å²) in [7, 11) is 0. The Labute approximate surface area is 325 Å². The molecule has 2 atom stereocenters. The van der Waals surface area contributed by atoms with Crippen LogP contribution in [0.2, 0.25) is 0 Å². The zero-order valence-corrected chi connectivity index (χ0v) is 32.1. The van der Waals surface area contributed by atoms with Crippen LogP contribution in [0.3, 0.4) is 0 Å². The molecule has 6 aromatic carbocycles. The Balaban J connectivity index is 1.30. The van der Waals surface area contributed by atoms with Gasteiger partial charge in [-0.2, -0.15) is 0 Å². The van der Waals surface area contributed by atoms with E-state index in [1.165, 1.54) is 104 Å². The molecule has 3 nitrogen and oxygen atoms in total. The molecule has 4 heteroatoms.